The number of hydrogen-bond acceptors (Lipinski definition) is 1. The third-order valence-corrected chi connectivity index (χ3v) is 5.67. The average molecular weight is 306 g/mol. The highest BCUT2D eigenvalue weighted by molar-refractivity contribution is 7.13. The van der Waals surface area contributed by atoms with Crippen molar-refractivity contribution in [2.24, 2.45) is 5.92 Å². The first kappa shape index (κ1) is 14.7. The highest BCUT2D eigenvalue weighted by Crippen LogP contribution is 2.40. The van der Waals surface area contributed by atoms with E-state index in [2.05, 4.69) is 6.92 Å². The Morgan fingerprint density at radius 2 is 1.81 bits per heavy atom. The number of rotatable bonds is 3. The Bertz CT molecular complexity index is 596. The Labute approximate surface area is 128 Å². The molecule has 0 nitrogen and oxygen atoms in total. The van der Waals surface area contributed by atoms with E-state index in [1.807, 2.05) is 17.5 Å². The van der Waals surface area contributed by atoms with E-state index in [4.69, 9.17) is 0 Å². The van der Waals surface area contributed by atoms with Gasteiger partial charge in [0.2, 0.25) is 0 Å². The molecule has 21 heavy (non-hydrogen) atoms. The molecule has 0 bridgehead atoms. The van der Waals surface area contributed by atoms with E-state index in [1.54, 1.807) is 12.1 Å². The highest BCUT2D eigenvalue weighted by Gasteiger charge is 2.25. The van der Waals surface area contributed by atoms with Crippen LogP contribution >= 0.6 is 11.3 Å². The fraction of sp³-hybridized carbons (Fsp3) is 0.444. The summed E-state index contributed by atoms with van der Waals surface area (Å²) in [6.07, 6.45) is 5.42. The molecule has 0 atom stereocenters. The molecule has 1 aromatic carbocycles. The smallest absolute Gasteiger partial charge is 0.167 e. The molecule has 3 heteroatoms. The Hall–Kier alpha value is -1.22. The second kappa shape index (κ2) is 6.27. The van der Waals surface area contributed by atoms with Gasteiger partial charge in [0, 0.05) is 10.4 Å². The SMILES string of the molecule is CCC1CCC(c2ccc(-c3cccs3)c(F)c2F)CC1. The van der Waals surface area contributed by atoms with Crippen LogP contribution in [0.4, 0.5) is 8.78 Å². The normalized spacial score (nSPS) is 22.4. The van der Waals surface area contributed by atoms with E-state index in [-0.39, 0.29) is 5.92 Å². The van der Waals surface area contributed by atoms with Crippen LogP contribution in [0.2, 0.25) is 0 Å². The van der Waals surface area contributed by atoms with Gasteiger partial charge in [0.1, 0.15) is 0 Å². The van der Waals surface area contributed by atoms with Gasteiger partial charge in [-0.25, -0.2) is 8.78 Å². The van der Waals surface area contributed by atoms with Crippen molar-refractivity contribution < 1.29 is 8.78 Å². The first-order chi connectivity index (χ1) is 10.2. The molecule has 1 saturated carbocycles. The lowest BCUT2D eigenvalue weighted by Crippen LogP contribution is -2.14. The molecule has 1 aromatic heterocycles. The Morgan fingerprint density at radius 3 is 2.43 bits per heavy atom. The fourth-order valence-corrected chi connectivity index (χ4v) is 4.13. The maximum absolute atomic E-state index is 14.4. The lowest BCUT2D eigenvalue weighted by Gasteiger charge is -2.28. The van der Waals surface area contributed by atoms with Crippen LogP contribution in [0.15, 0.2) is 29.6 Å². The third kappa shape index (κ3) is 2.89. The first-order valence-electron chi connectivity index (χ1n) is 7.72. The zero-order valence-corrected chi connectivity index (χ0v) is 13.1. The van der Waals surface area contributed by atoms with Crippen molar-refractivity contribution in [1.29, 1.82) is 0 Å². The van der Waals surface area contributed by atoms with Gasteiger partial charge in [-0.2, -0.15) is 0 Å². The fourth-order valence-electron chi connectivity index (χ4n) is 3.38. The quantitative estimate of drug-likeness (QED) is 0.617. The summed E-state index contributed by atoms with van der Waals surface area (Å²) >= 11 is 1.44. The van der Waals surface area contributed by atoms with Gasteiger partial charge < -0.3 is 0 Å². The van der Waals surface area contributed by atoms with Gasteiger partial charge >= 0.3 is 0 Å². The summed E-state index contributed by atoms with van der Waals surface area (Å²) in [7, 11) is 0. The number of thiophene rings is 1. The number of hydrogen-bond donors (Lipinski definition) is 0. The summed E-state index contributed by atoms with van der Waals surface area (Å²) in [5.74, 6) is -0.382. The molecule has 1 heterocycles. The third-order valence-electron chi connectivity index (χ3n) is 4.76. The maximum Gasteiger partial charge on any atom is 0.167 e. The van der Waals surface area contributed by atoms with Crippen LogP contribution in [0.3, 0.4) is 0 Å². The van der Waals surface area contributed by atoms with Gasteiger partial charge in [-0.15, -0.1) is 11.3 Å². The predicted molar refractivity (Wildman–Crippen MR) is 84.7 cm³/mol. The van der Waals surface area contributed by atoms with E-state index in [1.165, 1.54) is 17.8 Å². The topological polar surface area (TPSA) is 0 Å². The molecule has 1 aliphatic rings. The van der Waals surface area contributed by atoms with E-state index in [0.29, 0.717) is 11.1 Å². The van der Waals surface area contributed by atoms with Gasteiger partial charge in [0.05, 0.1) is 0 Å². The van der Waals surface area contributed by atoms with E-state index in [9.17, 15) is 8.78 Å². The zero-order chi connectivity index (χ0) is 14.8. The standard InChI is InChI=1S/C18H20F2S/c1-2-12-5-7-13(8-6-12)14-9-10-15(18(20)17(14)19)16-4-3-11-21-16/h3-4,9-13H,2,5-8H2,1H3. The van der Waals surface area contributed by atoms with E-state index in [0.717, 1.165) is 36.5 Å². The molecule has 0 unspecified atom stereocenters. The molecule has 1 fully saturated rings. The van der Waals surface area contributed by atoms with Crippen LogP contribution in [-0.4, -0.2) is 0 Å². The highest BCUT2D eigenvalue weighted by atomic mass is 32.1. The van der Waals surface area contributed by atoms with Crippen LogP contribution in [0.1, 0.15) is 50.5 Å². The summed E-state index contributed by atoms with van der Waals surface area (Å²) in [6, 6.07) is 7.22. The van der Waals surface area contributed by atoms with Crippen LogP contribution < -0.4 is 0 Å². The molecule has 1 aliphatic carbocycles. The first-order valence-corrected chi connectivity index (χ1v) is 8.60. The summed E-state index contributed by atoms with van der Waals surface area (Å²) < 4.78 is 28.8. The molecule has 0 radical (unpaired) electrons. The lowest BCUT2D eigenvalue weighted by atomic mass is 9.77. The summed E-state index contributed by atoms with van der Waals surface area (Å²) in [5, 5.41) is 1.88. The lowest BCUT2D eigenvalue weighted by molar-refractivity contribution is 0.312. The number of benzene rings is 1. The summed E-state index contributed by atoms with van der Waals surface area (Å²) in [4.78, 5) is 0.785. The van der Waals surface area contributed by atoms with Crippen LogP contribution in [0, 0.1) is 17.6 Å². The molecule has 0 saturated heterocycles. The minimum atomic E-state index is -0.687. The summed E-state index contributed by atoms with van der Waals surface area (Å²) in [5.41, 5.74) is 0.954. The van der Waals surface area contributed by atoms with E-state index < -0.39 is 11.6 Å². The second-order valence-electron chi connectivity index (χ2n) is 5.93. The van der Waals surface area contributed by atoms with Crippen molar-refractivity contribution in [1.82, 2.24) is 0 Å². The molecule has 0 spiro atoms. The largest absolute Gasteiger partial charge is 0.203 e. The molecular formula is C18H20F2S. The molecular weight excluding hydrogens is 286 g/mol. The van der Waals surface area contributed by atoms with Crippen molar-refractivity contribution in [3.05, 3.63) is 46.8 Å². The minimum absolute atomic E-state index is 0.180. The van der Waals surface area contributed by atoms with Gasteiger partial charge in [-0.3, -0.25) is 0 Å². The Balaban J connectivity index is 1.86. The molecule has 112 valence electrons. The maximum atomic E-state index is 14.4. The van der Waals surface area contributed by atoms with Crippen molar-refractivity contribution in [2.45, 2.75) is 44.9 Å². The average Bonchev–Trinajstić information content (AvgIpc) is 3.04. The van der Waals surface area contributed by atoms with Crippen LogP contribution in [0.25, 0.3) is 10.4 Å². The van der Waals surface area contributed by atoms with Crippen molar-refractivity contribution in [2.75, 3.05) is 0 Å². The van der Waals surface area contributed by atoms with Crippen LogP contribution in [-0.2, 0) is 0 Å². The van der Waals surface area contributed by atoms with Gasteiger partial charge in [-0.1, -0.05) is 31.5 Å². The second-order valence-corrected chi connectivity index (χ2v) is 6.88. The zero-order valence-electron chi connectivity index (χ0n) is 12.2. The monoisotopic (exact) mass is 306 g/mol. The molecule has 0 N–H and O–H groups in total. The molecule has 0 amide bonds. The molecule has 2 aromatic rings. The molecule has 0 aliphatic heterocycles. The van der Waals surface area contributed by atoms with Crippen molar-refractivity contribution in [3.63, 3.8) is 0 Å². The van der Waals surface area contributed by atoms with Gasteiger partial charge in [0.15, 0.2) is 11.6 Å². The van der Waals surface area contributed by atoms with Crippen molar-refractivity contribution >= 4 is 11.3 Å². The summed E-state index contributed by atoms with van der Waals surface area (Å²) in [6.45, 7) is 2.21. The predicted octanol–water partition coefficient (Wildman–Crippen LogP) is 6.38. The number of halogens is 2. The van der Waals surface area contributed by atoms with Crippen molar-refractivity contribution in [3.8, 4) is 10.4 Å². The van der Waals surface area contributed by atoms with E-state index >= 15 is 0 Å². The van der Waals surface area contributed by atoms with Crippen LogP contribution in [0.5, 0.6) is 0 Å². The minimum Gasteiger partial charge on any atom is -0.203 e. The Kier molecular flexibility index (Phi) is 4.39. The molecule has 3 rings (SSSR count). The van der Waals surface area contributed by atoms with Gasteiger partial charge in [0.25, 0.3) is 0 Å². The van der Waals surface area contributed by atoms with Gasteiger partial charge in [-0.05, 0) is 54.5 Å². The Morgan fingerprint density at radius 1 is 1.05 bits per heavy atom.